The number of aliphatic hydroxyl groups excluding tert-OH is 2. The Hall–Kier alpha value is -0.320. The van der Waals surface area contributed by atoms with Crippen molar-refractivity contribution in [2.45, 2.75) is 26.1 Å². The van der Waals surface area contributed by atoms with E-state index < -0.39 is 56.2 Å². The van der Waals surface area contributed by atoms with Crippen LogP contribution in [0.3, 0.4) is 0 Å². The van der Waals surface area contributed by atoms with Crippen molar-refractivity contribution >= 4 is 83.0 Å². The van der Waals surface area contributed by atoms with E-state index in [1.54, 1.807) is 13.8 Å². The quantitative estimate of drug-likeness (QED) is 0.131. The molecule has 0 aliphatic heterocycles. The van der Waals surface area contributed by atoms with Crippen molar-refractivity contribution in [2.24, 2.45) is 0 Å². The smallest absolute Gasteiger partial charge is 0.317 e. The minimum atomic E-state index is -1.23. The number of carboxylic acid groups (broad SMARTS) is 4. The molecule has 0 heterocycles. The number of hydrogen-bond donors (Lipinski definition) is 6. The Morgan fingerprint density at radius 3 is 1.23 bits per heavy atom. The number of aliphatic hydroxyl groups is 2. The number of carboxylic acids is 4. The molecule has 0 amide bonds. The summed E-state index contributed by atoms with van der Waals surface area (Å²) in [5, 5.41) is 51.6. The summed E-state index contributed by atoms with van der Waals surface area (Å²) < 4.78 is 4.95. The number of rotatable bonds is 15. The second kappa shape index (κ2) is 22.9. The summed E-state index contributed by atoms with van der Waals surface area (Å²) in [6.45, 7) is 1.44. The van der Waals surface area contributed by atoms with Crippen LogP contribution < -0.4 is 0 Å². The van der Waals surface area contributed by atoms with Crippen molar-refractivity contribution in [1.82, 2.24) is 9.80 Å². The molecule has 6 N–H and O–H groups in total. The van der Waals surface area contributed by atoms with Crippen LogP contribution >= 0.6 is 0 Å². The maximum Gasteiger partial charge on any atom is 0.317 e. The molecule has 2 radical (unpaired) electrons. The largest absolute Gasteiger partial charge is 0.480 e. The van der Waals surface area contributed by atoms with E-state index in [2.05, 4.69) is 0 Å². The minimum absolute atomic E-state index is 0. The van der Waals surface area contributed by atoms with Crippen molar-refractivity contribution in [3.63, 3.8) is 0 Å². The van der Waals surface area contributed by atoms with Gasteiger partial charge >= 0.3 is 23.9 Å². The van der Waals surface area contributed by atoms with Gasteiger partial charge in [-0.25, -0.2) is 0 Å². The first kappa shape index (κ1) is 38.0. The van der Waals surface area contributed by atoms with Gasteiger partial charge in [-0.2, -0.15) is 0 Å². The first-order valence-electron chi connectivity index (χ1n) is 8.59. The molecular weight excluding hydrogens is 442 g/mol. The average molecular weight is 472 g/mol. The zero-order valence-corrected chi connectivity index (χ0v) is 22.4. The Kier molecular flexibility index (Phi) is 28.0. The summed E-state index contributed by atoms with van der Waals surface area (Å²) >= 11 is 0. The molecule has 0 spiro atoms. The molecule has 0 aromatic carbocycles. The summed E-state index contributed by atoms with van der Waals surface area (Å²) in [5.74, 6) is -4.91. The van der Waals surface area contributed by atoms with Crippen LogP contribution in [-0.4, -0.2) is 188 Å². The molecule has 13 nitrogen and oxygen atoms in total. The third kappa shape index (κ3) is 29.7. The maximum atomic E-state index is 10.6. The van der Waals surface area contributed by atoms with Crippen molar-refractivity contribution < 1.29 is 54.6 Å². The molecule has 0 aromatic heterocycles. The van der Waals surface area contributed by atoms with Crippen molar-refractivity contribution in [3.8, 4) is 0 Å². The van der Waals surface area contributed by atoms with Gasteiger partial charge in [0.1, 0.15) is 0 Å². The van der Waals surface area contributed by atoms with Gasteiger partial charge in [-0.05, 0) is 13.8 Å². The van der Waals surface area contributed by atoms with Crippen LogP contribution in [0.2, 0.25) is 0 Å². The number of carbonyl (C=O) groups is 4. The Labute approximate surface area is 224 Å². The first-order chi connectivity index (χ1) is 13.4. The van der Waals surface area contributed by atoms with Gasteiger partial charge in [0.15, 0.2) is 0 Å². The van der Waals surface area contributed by atoms with E-state index in [0.29, 0.717) is 6.61 Å². The van der Waals surface area contributed by atoms with Gasteiger partial charge in [0, 0.05) is 72.2 Å². The third-order valence-electron chi connectivity index (χ3n) is 3.05. The molecule has 0 aromatic rings. The Bertz CT molecular complexity index is 456. The van der Waals surface area contributed by atoms with Crippen molar-refractivity contribution in [3.05, 3.63) is 0 Å². The zero-order valence-electron chi connectivity index (χ0n) is 18.4. The molecule has 0 saturated heterocycles. The SMILES string of the molecule is CC(O)COC(C)CO.O=C(O)CN(CCN(CC(=O)O)CC(=O)O)CC(=O)O.[Na].[Na]. The fourth-order valence-electron chi connectivity index (χ4n) is 1.83. The zero-order chi connectivity index (χ0) is 23.0. The standard InChI is InChI=1S/C10H16N2O8.C6H14O3.2Na/c13-7(14)3-11(4-8(15)16)1-2-12(5-9(17)18)6-10(19)20;1-5(8)4-9-6(2)3-7;;/h1-6H2,(H,13,14)(H,15,16)(H,17,18)(H,19,20);5-8H,3-4H2,1-2H3;;. The van der Waals surface area contributed by atoms with Crippen molar-refractivity contribution in [1.29, 1.82) is 0 Å². The predicted octanol–water partition coefficient (Wildman–Crippen LogP) is -3.07. The molecule has 0 rings (SSSR count). The third-order valence-corrected chi connectivity index (χ3v) is 3.05. The molecule has 2 atom stereocenters. The summed E-state index contributed by atoms with van der Waals surface area (Å²) in [5.41, 5.74) is 0. The fourth-order valence-corrected chi connectivity index (χ4v) is 1.83. The van der Waals surface area contributed by atoms with Gasteiger partial charge in [-0.1, -0.05) is 0 Å². The Morgan fingerprint density at radius 2 is 1.03 bits per heavy atom. The Morgan fingerprint density at radius 1 is 0.742 bits per heavy atom. The van der Waals surface area contributed by atoms with Crippen LogP contribution in [0.1, 0.15) is 13.8 Å². The molecule has 2 unspecified atom stereocenters. The molecular formula is C16H30N2Na2O11. The van der Waals surface area contributed by atoms with E-state index in [4.69, 9.17) is 35.4 Å². The monoisotopic (exact) mass is 472 g/mol. The number of nitrogens with zero attached hydrogens (tertiary/aromatic N) is 2. The number of aliphatic carboxylic acids is 4. The molecule has 31 heavy (non-hydrogen) atoms. The second-order valence-corrected chi connectivity index (χ2v) is 6.17. The van der Waals surface area contributed by atoms with Gasteiger partial charge in [0.05, 0.1) is 51.6 Å². The summed E-state index contributed by atoms with van der Waals surface area (Å²) in [7, 11) is 0. The molecule has 0 aliphatic rings. The van der Waals surface area contributed by atoms with Gasteiger partial charge in [-0.15, -0.1) is 0 Å². The second-order valence-electron chi connectivity index (χ2n) is 6.17. The van der Waals surface area contributed by atoms with Crippen LogP contribution in [0.25, 0.3) is 0 Å². The molecule has 0 aliphatic carbocycles. The number of ether oxygens (including phenoxy) is 1. The van der Waals surface area contributed by atoms with Gasteiger partial charge in [0.25, 0.3) is 0 Å². The van der Waals surface area contributed by atoms with E-state index >= 15 is 0 Å². The van der Waals surface area contributed by atoms with Crippen LogP contribution in [0.4, 0.5) is 0 Å². The van der Waals surface area contributed by atoms with Crippen molar-refractivity contribution in [2.75, 3.05) is 52.5 Å². The Balaban J connectivity index is -0.000000282. The predicted molar refractivity (Wildman–Crippen MR) is 109 cm³/mol. The van der Waals surface area contributed by atoms with Gasteiger partial charge in [0.2, 0.25) is 0 Å². The van der Waals surface area contributed by atoms with E-state index in [-0.39, 0.29) is 84.9 Å². The molecule has 15 heteroatoms. The van der Waals surface area contributed by atoms with E-state index in [1.807, 2.05) is 0 Å². The summed E-state index contributed by atoms with van der Waals surface area (Å²) in [6, 6.07) is 0. The van der Waals surface area contributed by atoms with E-state index in [0.717, 1.165) is 9.80 Å². The molecule has 0 saturated carbocycles. The summed E-state index contributed by atoms with van der Waals surface area (Å²) in [4.78, 5) is 44.4. The summed E-state index contributed by atoms with van der Waals surface area (Å²) in [6.07, 6.45) is -0.612. The van der Waals surface area contributed by atoms with Crippen LogP contribution in [0.5, 0.6) is 0 Å². The van der Waals surface area contributed by atoms with Crippen LogP contribution in [-0.2, 0) is 23.9 Å². The first-order valence-corrected chi connectivity index (χ1v) is 8.59. The number of hydrogen-bond acceptors (Lipinski definition) is 9. The van der Waals surface area contributed by atoms with Crippen LogP contribution in [0, 0.1) is 0 Å². The molecule has 0 fully saturated rings. The molecule has 0 bridgehead atoms. The van der Waals surface area contributed by atoms with E-state index in [1.165, 1.54) is 0 Å². The maximum absolute atomic E-state index is 10.6. The van der Waals surface area contributed by atoms with E-state index in [9.17, 15) is 19.2 Å². The van der Waals surface area contributed by atoms with Gasteiger partial charge < -0.3 is 35.4 Å². The minimum Gasteiger partial charge on any atom is -0.480 e. The fraction of sp³-hybridized carbons (Fsp3) is 0.750. The topological polar surface area (TPSA) is 205 Å². The normalized spacial score (nSPS) is 11.9. The average Bonchev–Trinajstić information content (AvgIpc) is 2.55. The van der Waals surface area contributed by atoms with Crippen LogP contribution in [0.15, 0.2) is 0 Å². The molecule has 172 valence electrons. The van der Waals surface area contributed by atoms with Gasteiger partial charge in [-0.3, -0.25) is 29.0 Å².